The molecule has 9 heteroatoms. The van der Waals surface area contributed by atoms with Crippen LogP contribution in [0, 0.1) is 5.92 Å². The molecule has 2 atom stereocenters. The Kier molecular flexibility index (Phi) is 6.56. The highest BCUT2D eigenvalue weighted by Gasteiger charge is 2.38. The average Bonchev–Trinajstić information content (AvgIpc) is 2.59. The van der Waals surface area contributed by atoms with Crippen molar-refractivity contribution < 1.29 is 28.6 Å². The van der Waals surface area contributed by atoms with Crippen molar-refractivity contribution in [3.63, 3.8) is 0 Å². The van der Waals surface area contributed by atoms with Crippen molar-refractivity contribution in [3.05, 3.63) is 42.1 Å². The largest absolute Gasteiger partial charge is 0.484 e. The molecule has 4 N–H and O–H groups in total. The molecular weight excluding hydrogens is 342 g/mol. The van der Waals surface area contributed by atoms with Crippen LogP contribution in [-0.4, -0.2) is 44.8 Å². The SMILES string of the molecule is C=C1NC(=O)N[C@@H](c2ccc(OCC(N)=O)cc2)[C@@H]1C(=O)OCCOC. The van der Waals surface area contributed by atoms with Crippen molar-refractivity contribution in [2.75, 3.05) is 26.9 Å². The summed E-state index contributed by atoms with van der Waals surface area (Å²) in [6.07, 6.45) is 0. The number of benzene rings is 1. The van der Waals surface area contributed by atoms with Gasteiger partial charge in [0, 0.05) is 12.8 Å². The first kappa shape index (κ1) is 19.3. The van der Waals surface area contributed by atoms with E-state index in [4.69, 9.17) is 19.9 Å². The van der Waals surface area contributed by atoms with Crippen LogP contribution in [0.25, 0.3) is 0 Å². The predicted molar refractivity (Wildman–Crippen MR) is 91.0 cm³/mol. The van der Waals surface area contributed by atoms with Gasteiger partial charge in [-0.15, -0.1) is 0 Å². The molecule has 1 aromatic rings. The number of esters is 1. The molecule has 0 aromatic heterocycles. The lowest BCUT2D eigenvalue weighted by molar-refractivity contribution is -0.149. The van der Waals surface area contributed by atoms with Crippen molar-refractivity contribution in [2.24, 2.45) is 11.7 Å². The van der Waals surface area contributed by atoms with Crippen LogP contribution in [0.1, 0.15) is 11.6 Å². The zero-order valence-corrected chi connectivity index (χ0v) is 14.3. The number of nitrogens with one attached hydrogen (secondary N) is 2. The quantitative estimate of drug-likeness (QED) is 0.448. The van der Waals surface area contributed by atoms with E-state index in [0.717, 1.165) is 0 Å². The number of rotatable bonds is 8. The molecule has 1 fully saturated rings. The summed E-state index contributed by atoms with van der Waals surface area (Å²) in [5.41, 5.74) is 5.93. The summed E-state index contributed by atoms with van der Waals surface area (Å²) in [5.74, 6) is -1.48. The topological polar surface area (TPSA) is 129 Å². The number of urea groups is 1. The summed E-state index contributed by atoms with van der Waals surface area (Å²) in [4.78, 5) is 35.0. The standard InChI is InChI=1S/C17H21N3O6/c1-10-14(16(22)25-8-7-24-2)15(20-17(23)19-10)11-3-5-12(6-4-11)26-9-13(18)21/h3-6,14-15H,1,7-9H2,2H3,(H2,18,21)(H2,19,20,23)/t14-,15+/m1/s1. The number of ether oxygens (including phenoxy) is 3. The molecular formula is C17H21N3O6. The monoisotopic (exact) mass is 363 g/mol. The van der Waals surface area contributed by atoms with Gasteiger partial charge in [-0.2, -0.15) is 0 Å². The number of nitrogens with two attached hydrogens (primary N) is 1. The number of carbonyl (C=O) groups is 3. The van der Waals surface area contributed by atoms with Crippen LogP contribution in [0.3, 0.4) is 0 Å². The van der Waals surface area contributed by atoms with Crippen molar-refractivity contribution in [1.82, 2.24) is 10.6 Å². The summed E-state index contributed by atoms with van der Waals surface area (Å²) in [6.45, 7) is 3.88. The molecule has 26 heavy (non-hydrogen) atoms. The lowest BCUT2D eigenvalue weighted by Crippen LogP contribution is -2.51. The first-order chi connectivity index (χ1) is 12.4. The Hall–Kier alpha value is -3.07. The highest BCUT2D eigenvalue weighted by atomic mass is 16.6. The Morgan fingerprint density at radius 1 is 1.23 bits per heavy atom. The van der Waals surface area contributed by atoms with Gasteiger partial charge < -0.3 is 30.6 Å². The van der Waals surface area contributed by atoms with Crippen molar-refractivity contribution in [1.29, 1.82) is 0 Å². The third kappa shape index (κ3) is 4.96. The Labute approximate surface area is 150 Å². The van der Waals surface area contributed by atoms with Crippen LogP contribution in [0.5, 0.6) is 5.75 Å². The summed E-state index contributed by atoms with van der Waals surface area (Å²) in [5, 5.41) is 5.19. The molecule has 1 aliphatic rings. The van der Waals surface area contributed by atoms with E-state index < -0.39 is 29.9 Å². The number of amides is 3. The second-order valence-electron chi connectivity index (χ2n) is 5.56. The number of hydrogen-bond donors (Lipinski definition) is 3. The molecule has 9 nitrogen and oxygen atoms in total. The maximum absolute atomic E-state index is 12.4. The first-order valence-corrected chi connectivity index (χ1v) is 7.85. The van der Waals surface area contributed by atoms with Gasteiger partial charge in [0.05, 0.1) is 12.6 Å². The van der Waals surface area contributed by atoms with Crippen molar-refractivity contribution in [2.45, 2.75) is 6.04 Å². The van der Waals surface area contributed by atoms with Gasteiger partial charge in [-0.3, -0.25) is 9.59 Å². The minimum Gasteiger partial charge on any atom is -0.484 e. The minimum atomic E-state index is -0.804. The Balaban J connectivity index is 2.16. The lowest BCUT2D eigenvalue weighted by atomic mass is 9.89. The van der Waals surface area contributed by atoms with Crippen LogP contribution >= 0.6 is 0 Å². The molecule has 1 saturated heterocycles. The fraction of sp³-hybridized carbons (Fsp3) is 0.353. The van der Waals surface area contributed by atoms with E-state index in [-0.39, 0.29) is 25.5 Å². The van der Waals surface area contributed by atoms with Crippen molar-refractivity contribution >= 4 is 17.9 Å². The van der Waals surface area contributed by atoms with Gasteiger partial charge in [0.25, 0.3) is 5.91 Å². The second kappa shape index (κ2) is 8.86. The van der Waals surface area contributed by atoms with E-state index in [9.17, 15) is 14.4 Å². The summed E-state index contributed by atoms with van der Waals surface area (Å²) < 4.78 is 15.2. The third-order valence-corrected chi connectivity index (χ3v) is 3.68. The number of hydrogen-bond acceptors (Lipinski definition) is 6. The summed E-state index contributed by atoms with van der Waals surface area (Å²) in [7, 11) is 1.50. The van der Waals surface area contributed by atoms with Gasteiger partial charge >= 0.3 is 12.0 Å². The van der Waals surface area contributed by atoms with Gasteiger partial charge in [-0.25, -0.2) is 4.79 Å². The molecule has 1 heterocycles. The highest BCUT2D eigenvalue weighted by molar-refractivity contribution is 5.85. The normalized spacial score (nSPS) is 19.3. The van der Waals surface area contributed by atoms with E-state index in [0.29, 0.717) is 11.3 Å². The zero-order valence-electron chi connectivity index (χ0n) is 14.3. The van der Waals surface area contributed by atoms with Gasteiger partial charge in [-0.05, 0) is 17.7 Å². The minimum absolute atomic E-state index is 0.0969. The zero-order chi connectivity index (χ0) is 19.1. The molecule has 0 radical (unpaired) electrons. The Morgan fingerprint density at radius 3 is 2.54 bits per heavy atom. The molecule has 0 unspecified atom stereocenters. The fourth-order valence-electron chi connectivity index (χ4n) is 2.48. The molecule has 3 amide bonds. The van der Waals surface area contributed by atoms with E-state index in [1.165, 1.54) is 7.11 Å². The highest BCUT2D eigenvalue weighted by Crippen LogP contribution is 2.31. The van der Waals surface area contributed by atoms with E-state index in [1.807, 2.05) is 0 Å². The molecule has 1 aliphatic heterocycles. The van der Waals surface area contributed by atoms with Crippen LogP contribution in [0.4, 0.5) is 4.79 Å². The first-order valence-electron chi connectivity index (χ1n) is 7.85. The lowest BCUT2D eigenvalue weighted by Gasteiger charge is -2.33. The molecule has 140 valence electrons. The Morgan fingerprint density at radius 2 is 1.92 bits per heavy atom. The number of carbonyl (C=O) groups excluding carboxylic acids is 3. The van der Waals surface area contributed by atoms with Crippen LogP contribution in [-0.2, 0) is 19.1 Å². The maximum Gasteiger partial charge on any atom is 0.319 e. The molecule has 0 bridgehead atoms. The van der Waals surface area contributed by atoms with Crippen molar-refractivity contribution in [3.8, 4) is 5.75 Å². The summed E-state index contributed by atoms with van der Waals surface area (Å²) >= 11 is 0. The second-order valence-corrected chi connectivity index (χ2v) is 5.56. The fourth-order valence-corrected chi connectivity index (χ4v) is 2.48. The molecule has 0 saturated carbocycles. The molecule has 0 spiro atoms. The van der Waals surface area contributed by atoms with Gasteiger partial charge in [0.15, 0.2) is 6.61 Å². The van der Waals surface area contributed by atoms with Gasteiger partial charge in [0.1, 0.15) is 18.3 Å². The van der Waals surface area contributed by atoms with E-state index in [2.05, 4.69) is 17.2 Å². The maximum atomic E-state index is 12.4. The molecule has 2 rings (SSSR count). The molecule has 1 aromatic carbocycles. The number of methoxy groups -OCH3 is 1. The number of primary amides is 1. The van der Waals surface area contributed by atoms with Crippen LogP contribution in [0.15, 0.2) is 36.5 Å². The summed E-state index contributed by atoms with van der Waals surface area (Å²) in [6, 6.07) is 5.46. The van der Waals surface area contributed by atoms with Gasteiger partial charge in [0.2, 0.25) is 0 Å². The van der Waals surface area contributed by atoms with E-state index >= 15 is 0 Å². The van der Waals surface area contributed by atoms with Gasteiger partial charge in [-0.1, -0.05) is 18.7 Å². The van der Waals surface area contributed by atoms with E-state index in [1.54, 1.807) is 24.3 Å². The van der Waals surface area contributed by atoms with Crippen LogP contribution < -0.4 is 21.1 Å². The average molecular weight is 363 g/mol. The molecule has 0 aliphatic carbocycles. The smallest absolute Gasteiger partial charge is 0.319 e. The van der Waals surface area contributed by atoms with Crippen LogP contribution in [0.2, 0.25) is 0 Å². The predicted octanol–water partition coefficient (Wildman–Crippen LogP) is 0.224. The third-order valence-electron chi connectivity index (χ3n) is 3.68. The Bertz CT molecular complexity index is 688.